The molecule has 2 saturated heterocycles. The number of halogens is 2. The molecule has 1 aromatic carbocycles. The van der Waals surface area contributed by atoms with Crippen LogP contribution in [0.15, 0.2) is 28.6 Å². The van der Waals surface area contributed by atoms with Gasteiger partial charge in [0.1, 0.15) is 10.7 Å². The van der Waals surface area contributed by atoms with Gasteiger partial charge >= 0.3 is 0 Å². The van der Waals surface area contributed by atoms with Crippen molar-refractivity contribution in [3.63, 3.8) is 0 Å². The highest BCUT2D eigenvalue weighted by molar-refractivity contribution is 7.93. The number of rotatable bonds is 6. The van der Waals surface area contributed by atoms with Crippen molar-refractivity contribution in [3.05, 3.63) is 34.5 Å². The summed E-state index contributed by atoms with van der Waals surface area (Å²) in [7, 11) is -4.11. The number of hydrogen-bond donors (Lipinski definition) is 2. The highest BCUT2D eigenvalue weighted by Gasteiger charge is 2.40. The average Bonchev–Trinajstić information content (AvgIpc) is 3.20. The third-order valence-corrected chi connectivity index (χ3v) is 8.37. The molecule has 6 nitrogen and oxygen atoms in total. The number of fused-ring (bicyclic) bond motifs is 1. The predicted molar refractivity (Wildman–Crippen MR) is 115 cm³/mol. The van der Waals surface area contributed by atoms with Crippen LogP contribution < -0.4 is 10.0 Å². The molecule has 0 spiro atoms. The van der Waals surface area contributed by atoms with E-state index in [9.17, 15) is 12.8 Å². The van der Waals surface area contributed by atoms with Gasteiger partial charge in [0.05, 0.1) is 10.7 Å². The van der Waals surface area contributed by atoms with Crippen molar-refractivity contribution < 1.29 is 12.8 Å². The van der Waals surface area contributed by atoms with Crippen LogP contribution in [0.1, 0.15) is 38.5 Å². The number of nitrogens with zero attached hydrogens (tertiary/aromatic N) is 2. The number of anilines is 2. The highest BCUT2D eigenvalue weighted by Crippen LogP contribution is 2.37. The number of aromatic nitrogens is 1. The third kappa shape index (κ3) is 4.38. The number of nitrogens with one attached hydrogen (secondary N) is 2. The molecule has 10 heteroatoms. The summed E-state index contributed by atoms with van der Waals surface area (Å²) in [5.74, 6) is -0.845. The van der Waals surface area contributed by atoms with Gasteiger partial charge in [-0.05, 0) is 50.9 Å². The molecule has 0 radical (unpaired) electrons. The summed E-state index contributed by atoms with van der Waals surface area (Å²) >= 11 is 7.45. The number of thiazole rings is 1. The molecule has 0 amide bonds. The van der Waals surface area contributed by atoms with Crippen molar-refractivity contribution in [3.8, 4) is 0 Å². The maximum absolute atomic E-state index is 14.7. The topological polar surface area (TPSA) is 74.3 Å². The molecule has 2 fully saturated rings. The van der Waals surface area contributed by atoms with Crippen molar-refractivity contribution in [2.45, 2.75) is 49.0 Å². The van der Waals surface area contributed by atoms with Crippen molar-refractivity contribution in [1.82, 2.24) is 9.88 Å². The van der Waals surface area contributed by atoms with Crippen LogP contribution in [0.25, 0.3) is 0 Å². The van der Waals surface area contributed by atoms with Gasteiger partial charge in [-0.1, -0.05) is 24.4 Å². The predicted octanol–water partition coefficient (Wildman–Crippen LogP) is 4.56. The average molecular weight is 459 g/mol. The first-order valence-electron chi connectivity index (χ1n) is 9.80. The van der Waals surface area contributed by atoms with E-state index in [2.05, 4.69) is 19.9 Å². The van der Waals surface area contributed by atoms with Crippen LogP contribution in [-0.2, 0) is 10.0 Å². The van der Waals surface area contributed by atoms with E-state index < -0.39 is 20.7 Å². The summed E-state index contributed by atoms with van der Waals surface area (Å²) in [6.07, 6.45) is 8.53. The van der Waals surface area contributed by atoms with E-state index in [0.717, 1.165) is 43.3 Å². The van der Waals surface area contributed by atoms with Crippen LogP contribution >= 0.6 is 22.9 Å². The molecule has 0 atom stereocenters. The van der Waals surface area contributed by atoms with E-state index in [-0.39, 0.29) is 15.7 Å². The summed E-state index contributed by atoms with van der Waals surface area (Å²) in [5.41, 5.74) is 0.496. The molecule has 0 saturated carbocycles. The first-order chi connectivity index (χ1) is 13.9. The minimum absolute atomic E-state index is 0.0768. The molecule has 3 heterocycles. The lowest BCUT2D eigenvalue weighted by molar-refractivity contribution is 0.0219. The van der Waals surface area contributed by atoms with Crippen LogP contribution in [0, 0.1) is 5.82 Å². The monoisotopic (exact) mass is 458 g/mol. The zero-order valence-electron chi connectivity index (χ0n) is 16.0. The Morgan fingerprint density at radius 2 is 1.93 bits per heavy atom. The molecule has 2 N–H and O–H groups in total. The first-order valence-corrected chi connectivity index (χ1v) is 12.5. The van der Waals surface area contributed by atoms with Crippen LogP contribution in [0.2, 0.25) is 5.02 Å². The molecular weight excluding hydrogens is 435 g/mol. The zero-order valence-corrected chi connectivity index (χ0v) is 18.3. The zero-order chi connectivity index (χ0) is 20.5. The fraction of sp³-hybridized carbons (Fsp3) is 0.526. The molecule has 2 aromatic rings. The van der Waals surface area contributed by atoms with Crippen molar-refractivity contribution in [2.24, 2.45) is 0 Å². The quantitative estimate of drug-likeness (QED) is 0.663. The van der Waals surface area contributed by atoms with Gasteiger partial charge in [-0.25, -0.2) is 17.8 Å². The Morgan fingerprint density at radius 1 is 1.21 bits per heavy atom. The Morgan fingerprint density at radius 3 is 2.59 bits per heavy atom. The maximum atomic E-state index is 14.7. The third-order valence-electron chi connectivity index (χ3n) is 5.88. The lowest BCUT2D eigenvalue weighted by Crippen LogP contribution is -2.58. The summed E-state index contributed by atoms with van der Waals surface area (Å²) in [6, 6.07) is 2.33. The number of hydrogen-bond acceptors (Lipinski definition) is 6. The van der Waals surface area contributed by atoms with Gasteiger partial charge in [0.2, 0.25) is 0 Å². The Labute approximate surface area is 179 Å². The van der Waals surface area contributed by atoms with E-state index in [1.54, 1.807) is 5.38 Å². The van der Waals surface area contributed by atoms with Gasteiger partial charge in [0, 0.05) is 23.7 Å². The van der Waals surface area contributed by atoms with Gasteiger partial charge in [0.15, 0.2) is 5.13 Å². The minimum Gasteiger partial charge on any atom is -0.382 e. The van der Waals surface area contributed by atoms with Gasteiger partial charge < -0.3 is 5.32 Å². The molecular formula is C19H24ClFN4O2S2. The van der Waals surface area contributed by atoms with E-state index in [1.165, 1.54) is 37.9 Å². The normalized spacial score (nSPS) is 19.5. The molecule has 4 rings (SSSR count). The Hall–Kier alpha value is -1.42. The van der Waals surface area contributed by atoms with E-state index in [4.69, 9.17) is 11.6 Å². The lowest BCUT2D eigenvalue weighted by Gasteiger charge is -2.50. The van der Waals surface area contributed by atoms with Gasteiger partial charge in [-0.3, -0.25) is 9.62 Å². The van der Waals surface area contributed by atoms with Crippen molar-refractivity contribution >= 4 is 43.8 Å². The number of piperidine rings is 2. The molecule has 158 valence electrons. The SMILES string of the molecule is O=S(=O)(Nc1nccs1)c1cc(Cl)c(NCC23CCCCN2CCCC3)cc1F. The van der Waals surface area contributed by atoms with Crippen LogP contribution in [0.3, 0.4) is 0 Å². The second kappa shape index (κ2) is 8.37. The summed E-state index contributed by atoms with van der Waals surface area (Å²) in [5, 5.41) is 5.29. The summed E-state index contributed by atoms with van der Waals surface area (Å²) in [6.45, 7) is 2.88. The summed E-state index contributed by atoms with van der Waals surface area (Å²) in [4.78, 5) is 5.93. The Kier molecular flexibility index (Phi) is 6.02. The molecule has 29 heavy (non-hydrogen) atoms. The fourth-order valence-electron chi connectivity index (χ4n) is 4.40. The molecule has 0 aliphatic carbocycles. The molecule has 2 aliphatic rings. The highest BCUT2D eigenvalue weighted by atomic mass is 35.5. The van der Waals surface area contributed by atoms with E-state index in [0.29, 0.717) is 12.2 Å². The smallest absolute Gasteiger partial charge is 0.266 e. The molecule has 0 unspecified atom stereocenters. The van der Waals surface area contributed by atoms with E-state index >= 15 is 0 Å². The van der Waals surface area contributed by atoms with Gasteiger partial charge in [-0.15, -0.1) is 11.3 Å². The second-order valence-corrected chi connectivity index (χ2v) is 10.6. The second-order valence-electron chi connectivity index (χ2n) is 7.68. The van der Waals surface area contributed by atoms with Crippen LogP contribution in [-0.4, -0.2) is 43.5 Å². The standard InChI is InChI=1S/C19H24ClFN4O2S2/c20-14-11-17(29(26,27)24-18-22-7-10-28-18)15(21)12-16(14)23-13-19-5-1-3-8-25(19)9-4-2-6-19/h7,10-12,23H,1-6,8-9,13H2,(H,22,24). The lowest BCUT2D eigenvalue weighted by atomic mass is 9.79. The van der Waals surface area contributed by atoms with Gasteiger partial charge in [-0.2, -0.15) is 0 Å². The first kappa shape index (κ1) is 20.8. The van der Waals surface area contributed by atoms with Crippen molar-refractivity contribution in [1.29, 1.82) is 0 Å². The largest absolute Gasteiger partial charge is 0.382 e. The molecule has 0 bridgehead atoms. The minimum atomic E-state index is -4.11. The Balaban J connectivity index is 1.53. The molecule has 2 aliphatic heterocycles. The van der Waals surface area contributed by atoms with E-state index in [1.807, 2.05) is 0 Å². The van der Waals surface area contributed by atoms with Crippen LogP contribution in [0.5, 0.6) is 0 Å². The van der Waals surface area contributed by atoms with Crippen LogP contribution in [0.4, 0.5) is 15.2 Å². The summed E-state index contributed by atoms with van der Waals surface area (Å²) < 4.78 is 42.0. The number of sulfonamides is 1. The van der Waals surface area contributed by atoms with Crippen molar-refractivity contribution in [2.75, 3.05) is 29.7 Å². The fourth-order valence-corrected chi connectivity index (χ4v) is 6.57. The number of benzene rings is 1. The molecule has 1 aromatic heterocycles. The maximum Gasteiger partial charge on any atom is 0.266 e. The Bertz CT molecular complexity index is 957. The van der Waals surface area contributed by atoms with Gasteiger partial charge in [0.25, 0.3) is 10.0 Å².